The minimum absolute atomic E-state index is 0.0481. The second kappa shape index (κ2) is 4.95. The van der Waals surface area contributed by atoms with Crippen molar-refractivity contribution in [3.05, 3.63) is 0 Å². The molecule has 0 bridgehead atoms. The number of amides is 1. The molecule has 0 aliphatic carbocycles. The zero-order valence-corrected chi connectivity index (χ0v) is 8.32. The molecule has 0 radical (unpaired) electrons. The molecule has 1 aliphatic rings. The number of hydrogen-bond acceptors (Lipinski definition) is 3. The van der Waals surface area contributed by atoms with Gasteiger partial charge in [-0.1, -0.05) is 0 Å². The second-order valence-electron chi connectivity index (χ2n) is 3.71. The zero-order chi connectivity index (χ0) is 10.6. The molecule has 1 aliphatic heterocycles. The number of carbonyl (C=O) groups excluding carboxylic acids is 1. The topological polar surface area (TPSA) is 69.6 Å². The Balaban J connectivity index is 2.32. The fraction of sp³-hybridized carbons (Fsp3) is 0.778. The van der Waals surface area contributed by atoms with Crippen molar-refractivity contribution in [3.63, 3.8) is 0 Å². The van der Waals surface area contributed by atoms with Crippen LogP contribution in [0.1, 0.15) is 12.8 Å². The van der Waals surface area contributed by atoms with Crippen molar-refractivity contribution in [2.24, 2.45) is 5.92 Å². The Morgan fingerprint density at radius 3 is 2.86 bits per heavy atom. The molecule has 0 aromatic carbocycles. The normalized spacial score (nSPS) is 23.1. The summed E-state index contributed by atoms with van der Waals surface area (Å²) in [4.78, 5) is 23.8. The molecule has 0 saturated carbocycles. The molecule has 5 heteroatoms. The Morgan fingerprint density at radius 2 is 2.29 bits per heavy atom. The maximum Gasteiger partial charge on any atom is 0.322 e. The summed E-state index contributed by atoms with van der Waals surface area (Å²) >= 11 is 0. The lowest BCUT2D eigenvalue weighted by Crippen LogP contribution is -2.42. The van der Waals surface area contributed by atoms with Crippen LogP contribution >= 0.6 is 0 Å². The summed E-state index contributed by atoms with van der Waals surface area (Å²) in [6.07, 6.45) is 1.86. The first kappa shape index (κ1) is 11.0. The molecular weight excluding hydrogens is 184 g/mol. The minimum atomic E-state index is -0.998. The summed E-state index contributed by atoms with van der Waals surface area (Å²) in [6, 6.07) is 0. The smallest absolute Gasteiger partial charge is 0.322 e. The van der Waals surface area contributed by atoms with E-state index in [1.165, 1.54) is 0 Å². The molecule has 1 rings (SSSR count). The summed E-state index contributed by atoms with van der Waals surface area (Å²) in [6.45, 7) is 1.47. The Morgan fingerprint density at radius 1 is 1.57 bits per heavy atom. The minimum Gasteiger partial charge on any atom is -0.480 e. The van der Waals surface area contributed by atoms with Crippen molar-refractivity contribution in [1.82, 2.24) is 10.2 Å². The van der Waals surface area contributed by atoms with Gasteiger partial charge in [-0.3, -0.25) is 9.59 Å². The van der Waals surface area contributed by atoms with Gasteiger partial charge >= 0.3 is 5.97 Å². The summed E-state index contributed by atoms with van der Waals surface area (Å²) in [5.41, 5.74) is 0. The third-order valence-corrected chi connectivity index (χ3v) is 2.41. The predicted octanol–water partition coefficient (Wildman–Crippen LogP) is -0.471. The van der Waals surface area contributed by atoms with Gasteiger partial charge in [0.15, 0.2) is 0 Å². The molecule has 14 heavy (non-hydrogen) atoms. The molecule has 1 saturated heterocycles. The standard InChI is InChI=1S/C9H16N2O3/c1-11-4-2-3-7(6-11)9(14)10-5-8(12)13/h7H,2-6H2,1H3,(H,10,14)(H,12,13). The number of aliphatic carboxylic acids is 1. The van der Waals surface area contributed by atoms with Crippen LogP contribution in [0.3, 0.4) is 0 Å². The number of piperidine rings is 1. The first-order chi connectivity index (χ1) is 6.59. The number of likely N-dealkylation sites (tertiary alicyclic amines) is 1. The van der Waals surface area contributed by atoms with Crippen LogP contribution in [-0.2, 0) is 9.59 Å². The zero-order valence-electron chi connectivity index (χ0n) is 8.32. The molecule has 5 nitrogen and oxygen atoms in total. The maximum atomic E-state index is 11.4. The van der Waals surface area contributed by atoms with E-state index in [4.69, 9.17) is 5.11 Å². The van der Waals surface area contributed by atoms with Gasteiger partial charge in [-0.25, -0.2) is 0 Å². The monoisotopic (exact) mass is 200 g/mol. The average Bonchev–Trinajstić information content (AvgIpc) is 2.14. The SMILES string of the molecule is CN1CCCC(C(=O)NCC(=O)O)C1. The molecule has 1 fully saturated rings. The first-order valence-electron chi connectivity index (χ1n) is 4.77. The van der Waals surface area contributed by atoms with E-state index in [2.05, 4.69) is 10.2 Å². The van der Waals surface area contributed by atoms with Gasteiger partial charge in [0.1, 0.15) is 6.54 Å². The van der Waals surface area contributed by atoms with Crippen LogP contribution in [0.15, 0.2) is 0 Å². The van der Waals surface area contributed by atoms with E-state index in [9.17, 15) is 9.59 Å². The Kier molecular flexibility index (Phi) is 3.88. The van der Waals surface area contributed by atoms with Crippen molar-refractivity contribution in [2.75, 3.05) is 26.7 Å². The fourth-order valence-electron chi connectivity index (χ4n) is 1.69. The molecule has 80 valence electrons. The highest BCUT2D eigenvalue weighted by molar-refractivity contribution is 5.83. The Labute approximate surface area is 83.1 Å². The summed E-state index contributed by atoms with van der Waals surface area (Å²) in [7, 11) is 1.97. The van der Waals surface area contributed by atoms with Gasteiger partial charge in [-0.05, 0) is 26.4 Å². The number of nitrogens with one attached hydrogen (secondary N) is 1. The van der Waals surface area contributed by atoms with Gasteiger partial charge in [-0.2, -0.15) is 0 Å². The molecule has 0 aromatic rings. The lowest BCUT2D eigenvalue weighted by molar-refractivity contribution is -0.138. The summed E-state index contributed by atoms with van der Waals surface area (Å²) in [5, 5.41) is 10.8. The molecule has 0 aromatic heterocycles. The Bertz CT molecular complexity index is 230. The number of carbonyl (C=O) groups is 2. The fourth-order valence-corrected chi connectivity index (χ4v) is 1.69. The van der Waals surface area contributed by atoms with Crippen LogP contribution < -0.4 is 5.32 Å². The molecular formula is C9H16N2O3. The van der Waals surface area contributed by atoms with E-state index in [0.29, 0.717) is 0 Å². The van der Waals surface area contributed by atoms with Crippen LogP contribution in [-0.4, -0.2) is 48.6 Å². The van der Waals surface area contributed by atoms with Crippen LogP contribution in [0.4, 0.5) is 0 Å². The largest absolute Gasteiger partial charge is 0.480 e. The van der Waals surface area contributed by atoms with Crippen LogP contribution in [0.2, 0.25) is 0 Å². The van der Waals surface area contributed by atoms with Gasteiger partial charge < -0.3 is 15.3 Å². The molecule has 0 spiro atoms. The van der Waals surface area contributed by atoms with E-state index in [1.807, 2.05) is 7.05 Å². The molecule has 2 N–H and O–H groups in total. The number of carboxylic acid groups (broad SMARTS) is 1. The summed E-state index contributed by atoms with van der Waals surface area (Å²) in [5.74, 6) is -1.19. The van der Waals surface area contributed by atoms with Crippen LogP contribution in [0, 0.1) is 5.92 Å². The first-order valence-corrected chi connectivity index (χ1v) is 4.77. The van der Waals surface area contributed by atoms with E-state index in [-0.39, 0.29) is 18.4 Å². The number of rotatable bonds is 3. The Hall–Kier alpha value is -1.10. The molecule has 1 amide bonds. The van der Waals surface area contributed by atoms with Gasteiger partial charge in [0.05, 0.1) is 5.92 Å². The average molecular weight is 200 g/mol. The van der Waals surface area contributed by atoms with E-state index in [0.717, 1.165) is 25.9 Å². The highest BCUT2D eigenvalue weighted by Crippen LogP contribution is 2.14. The van der Waals surface area contributed by atoms with E-state index in [1.54, 1.807) is 0 Å². The van der Waals surface area contributed by atoms with Crippen molar-refractivity contribution in [2.45, 2.75) is 12.8 Å². The number of carboxylic acids is 1. The number of hydrogen-bond donors (Lipinski definition) is 2. The van der Waals surface area contributed by atoms with Crippen molar-refractivity contribution in [1.29, 1.82) is 0 Å². The van der Waals surface area contributed by atoms with Crippen molar-refractivity contribution in [3.8, 4) is 0 Å². The van der Waals surface area contributed by atoms with Crippen LogP contribution in [0.5, 0.6) is 0 Å². The predicted molar refractivity (Wildman–Crippen MR) is 50.9 cm³/mol. The second-order valence-corrected chi connectivity index (χ2v) is 3.71. The maximum absolute atomic E-state index is 11.4. The van der Waals surface area contributed by atoms with Crippen molar-refractivity contribution >= 4 is 11.9 Å². The molecule has 1 unspecified atom stereocenters. The van der Waals surface area contributed by atoms with Gasteiger partial charge in [0.2, 0.25) is 5.91 Å². The van der Waals surface area contributed by atoms with Crippen molar-refractivity contribution < 1.29 is 14.7 Å². The molecule has 1 atom stereocenters. The lowest BCUT2D eigenvalue weighted by Gasteiger charge is -2.28. The lowest BCUT2D eigenvalue weighted by atomic mass is 9.98. The third-order valence-electron chi connectivity index (χ3n) is 2.41. The van der Waals surface area contributed by atoms with E-state index < -0.39 is 5.97 Å². The summed E-state index contributed by atoms with van der Waals surface area (Å²) < 4.78 is 0. The quantitative estimate of drug-likeness (QED) is 0.646. The van der Waals surface area contributed by atoms with Crippen LogP contribution in [0.25, 0.3) is 0 Å². The molecule has 1 heterocycles. The highest BCUT2D eigenvalue weighted by Gasteiger charge is 2.23. The highest BCUT2D eigenvalue weighted by atomic mass is 16.4. The van der Waals surface area contributed by atoms with Gasteiger partial charge in [-0.15, -0.1) is 0 Å². The third kappa shape index (κ3) is 3.33. The number of nitrogens with zero attached hydrogens (tertiary/aromatic N) is 1. The van der Waals surface area contributed by atoms with Gasteiger partial charge in [0, 0.05) is 6.54 Å². The van der Waals surface area contributed by atoms with Gasteiger partial charge in [0.25, 0.3) is 0 Å². The van der Waals surface area contributed by atoms with E-state index >= 15 is 0 Å².